The number of carbonyl (C=O) groups is 1. The van der Waals surface area contributed by atoms with Crippen molar-refractivity contribution in [2.75, 3.05) is 31.1 Å². The number of carboxylic acids is 1. The summed E-state index contributed by atoms with van der Waals surface area (Å²) in [6, 6.07) is 7.42. The number of piperazine rings is 1. The van der Waals surface area contributed by atoms with E-state index in [4.69, 9.17) is 5.11 Å². The van der Waals surface area contributed by atoms with Gasteiger partial charge in [-0.25, -0.2) is 13.4 Å². The minimum absolute atomic E-state index is 0.0706. The molecule has 1 aliphatic heterocycles. The quantitative estimate of drug-likeness (QED) is 0.548. The zero-order valence-electron chi connectivity index (χ0n) is 15.7. The van der Waals surface area contributed by atoms with Gasteiger partial charge in [-0.1, -0.05) is 6.07 Å². The Morgan fingerprint density at radius 3 is 2.45 bits per heavy atom. The molecule has 0 spiro atoms. The minimum atomic E-state index is -3.76. The highest BCUT2D eigenvalue weighted by molar-refractivity contribution is 7.89. The maximum absolute atomic E-state index is 13.0. The van der Waals surface area contributed by atoms with Gasteiger partial charge in [0, 0.05) is 32.2 Å². The predicted molar refractivity (Wildman–Crippen MR) is 104 cm³/mol. The van der Waals surface area contributed by atoms with Crippen molar-refractivity contribution in [3.63, 3.8) is 0 Å². The van der Waals surface area contributed by atoms with E-state index in [-0.39, 0.29) is 30.1 Å². The highest BCUT2D eigenvalue weighted by Crippen LogP contribution is 2.23. The normalized spacial score (nSPS) is 15.3. The van der Waals surface area contributed by atoms with Crippen LogP contribution in [0.2, 0.25) is 0 Å². The van der Waals surface area contributed by atoms with E-state index in [0.717, 1.165) is 5.56 Å². The summed E-state index contributed by atoms with van der Waals surface area (Å²) in [4.78, 5) is 27.2. The van der Waals surface area contributed by atoms with Gasteiger partial charge in [-0.15, -0.1) is 0 Å². The average molecular weight is 420 g/mol. The number of aryl methyl sites for hydroxylation is 1. The molecular formula is C18H20N4O6S. The molecule has 10 nitrogen and oxygen atoms in total. The van der Waals surface area contributed by atoms with Crippen molar-refractivity contribution in [3.8, 4) is 0 Å². The monoisotopic (exact) mass is 420 g/mol. The van der Waals surface area contributed by atoms with E-state index in [0.29, 0.717) is 24.5 Å². The second kappa shape index (κ2) is 8.13. The van der Waals surface area contributed by atoms with Crippen molar-refractivity contribution in [2.45, 2.75) is 18.2 Å². The summed E-state index contributed by atoms with van der Waals surface area (Å²) < 4.78 is 27.3. The Labute approximate surface area is 167 Å². The van der Waals surface area contributed by atoms with Crippen molar-refractivity contribution in [2.24, 2.45) is 0 Å². The Morgan fingerprint density at radius 1 is 1.21 bits per heavy atom. The summed E-state index contributed by atoms with van der Waals surface area (Å²) in [7, 11) is -3.76. The van der Waals surface area contributed by atoms with E-state index < -0.39 is 20.9 Å². The van der Waals surface area contributed by atoms with Gasteiger partial charge in [0.2, 0.25) is 10.0 Å². The molecule has 1 saturated heterocycles. The second-order valence-corrected chi connectivity index (χ2v) is 8.62. The fraction of sp³-hybridized carbons (Fsp3) is 0.333. The topological polar surface area (TPSA) is 134 Å². The molecule has 0 aliphatic carbocycles. The average Bonchev–Trinajstić information content (AvgIpc) is 2.69. The summed E-state index contributed by atoms with van der Waals surface area (Å²) in [5, 5.41) is 19.7. The standard InChI is InChI=1S/C18H20N4O6S/c1-13-2-4-16(10-14(13)11-18(23)24)29(27,28)21-8-6-20(7-9-21)17-5-3-15(12-19-17)22(25)26/h2-5,10,12H,6-9,11H2,1H3,(H,23,24). The molecule has 3 rings (SSSR count). The summed E-state index contributed by atoms with van der Waals surface area (Å²) >= 11 is 0. The molecule has 0 bridgehead atoms. The lowest BCUT2D eigenvalue weighted by Crippen LogP contribution is -2.48. The number of pyridine rings is 1. The van der Waals surface area contributed by atoms with Crippen molar-refractivity contribution < 1.29 is 23.2 Å². The zero-order valence-corrected chi connectivity index (χ0v) is 16.5. The van der Waals surface area contributed by atoms with E-state index in [1.54, 1.807) is 19.1 Å². The molecule has 29 heavy (non-hydrogen) atoms. The van der Waals surface area contributed by atoms with Crippen LogP contribution < -0.4 is 4.90 Å². The molecule has 0 amide bonds. The predicted octanol–water partition coefficient (Wildman–Crippen LogP) is 1.44. The largest absolute Gasteiger partial charge is 0.481 e. The molecule has 1 aromatic heterocycles. The van der Waals surface area contributed by atoms with Gasteiger partial charge < -0.3 is 10.0 Å². The molecule has 0 saturated carbocycles. The number of nitrogens with zero attached hydrogens (tertiary/aromatic N) is 4. The van der Waals surface area contributed by atoms with Crippen LogP contribution >= 0.6 is 0 Å². The van der Waals surface area contributed by atoms with Crippen LogP contribution in [0, 0.1) is 17.0 Å². The lowest BCUT2D eigenvalue weighted by Gasteiger charge is -2.34. The molecule has 154 valence electrons. The molecule has 0 unspecified atom stereocenters. The summed E-state index contributed by atoms with van der Waals surface area (Å²) in [6.07, 6.45) is 0.934. The van der Waals surface area contributed by atoms with Crippen LogP contribution in [0.25, 0.3) is 0 Å². The Balaban J connectivity index is 1.72. The zero-order chi connectivity index (χ0) is 21.2. The smallest absolute Gasteiger partial charge is 0.307 e. The van der Waals surface area contributed by atoms with Crippen molar-refractivity contribution >= 4 is 27.5 Å². The maximum atomic E-state index is 13.0. The van der Waals surface area contributed by atoms with E-state index >= 15 is 0 Å². The SMILES string of the molecule is Cc1ccc(S(=O)(=O)N2CCN(c3ccc([N+](=O)[O-])cn3)CC2)cc1CC(=O)O. The second-order valence-electron chi connectivity index (χ2n) is 6.68. The molecule has 1 aromatic carbocycles. The first-order chi connectivity index (χ1) is 13.7. The molecule has 0 atom stereocenters. The van der Waals surface area contributed by atoms with Gasteiger partial charge in [0.15, 0.2) is 0 Å². The van der Waals surface area contributed by atoms with Crippen LogP contribution in [0.1, 0.15) is 11.1 Å². The van der Waals surface area contributed by atoms with Crippen molar-refractivity contribution in [1.82, 2.24) is 9.29 Å². The highest BCUT2D eigenvalue weighted by Gasteiger charge is 2.29. The third-order valence-electron chi connectivity index (χ3n) is 4.81. The van der Waals surface area contributed by atoms with E-state index in [2.05, 4.69) is 4.98 Å². The molecule has 0 radical (unpaired) electrons. The summed E-state index contributed by atoms with van der Waals surface area (Å²) in [6.45, 7) is 2.96. The van der Waals surface area contributed by atoms with Gasteiger partial charge in [-0.05, 0) is 36.2 Å². The van der Waals surface area contributed by atoms with Crippen LogP contribution in [0.15, 0.2) is 41.4 Å². The van der Waals surface area contributed by atoms with Gasteiger partial charge >= 0.3 is 5.97 Å². The molecule has 2 aromatic rings. The Bertz CT molecular complexity index is 1030. The Morgan fingerprint density at radius 2 is 1.90 bits per heavy atom. The van der Waals surface area contributed by atoms with Crippen LogP contribution in [0.3, 0.4) is 0 Å². The van der Waals surface area contributed by atoms with Crippen LogP contribution in [0.5, 0.6) is 0 Å². The first-order valence-electron chi connectivity index (χ1n) is 8.85. The molecule has 1 aliphatic rings. The fourth-order valence-electron chi connectivity index (χ4n) is 3.14. The number of sulfonamides is 1. The maximum Gasteiger partial charge on any atom is 0.307 e. The minimum Gasteiger partial charge on any atom is -0.481 e. The number of nitro groups is 1. The third-order valence-corrected chi connectivity index (χ3v) is 6.70. The van der Waals surface area contributed by atoms with Gasteiger partial charge in [0.05, 0.1) is 16.2 Å². The van der Waals surface area contributed by atoms with Gasteiger partial charge in [0.25, 0.3) is 5.69 Å². The van der Waals surface area contributed by atoms with Gasteiger partial charge in [-0.2, -0.15) is 4.31 Å². The lowest BCUT2D eigenvalue weighted by molar-refractivity contribution is -0.385. The molecule has 2 heterocycles. The summed E-state index contributed by atoms with van der Waals surface area (Å²) in [5.41, 5.74) is 1.08. The number of anilines is 1. The molecule has 1 fully saturated rings. The fourth-order valence-corrected chi connectivity index (χ4v) is 4.61. The van der Waals surface area contributed by atoms with Crippen molar-refractivity contribution in [3.05, 3.63) is 57.8 Å². The number of benzene rings is 1. The van der Waals surface area contributed by atoms with Crippen LogP contribution in [-0.4, -0.2) is 59.9 Å². The number of hydrogen-bond donors (Lipinski definition) is 1. The number of aromatic nitrogens is 1. The van der Waals surface area contributed by atoms with Crippen LogP contribution in [0.4, 0.5) is 11.5 Å². The van der Waals surface area contributed by atoms with E-state index in [1.807, 2.05) is 4.90 Å². The Kier molecular flexibility index (Phi) is 5.80. The lowest BCUT2D eigenvalue weighted by atomic mass is 10.1. The summed E-state index contributed by atoms with van der Waals surface area (Å²) in [5.74, 6) is -0.474. The van der Waals surface area contributed by atoms with E-state index in [1.165, 1.54) is 28.7 Å². The van der Waals surface area contributed by atoms with E-state index in [9.17, 15) is 23.3 Å². The number of carboxylic acid groups (broad SMARTS) is 1. The van der Waals surface area contributed by atoms with Crippen LogP contribution in [-0.2, 0) is 21.2 Å². The van der Waals surface area contributed by atoms with Crippen molar-refractivity contribution in [1.29, 1.82) is 0 Å². The Hall–Kier alpha value is -3.05. The number of hydrogen-bond acceptors (Lipinski definition) is 7. The number of aliphatic carboxylic acids is 1. The molecule has 1 N–H and O–H groups in total. The number of rotatable bonds is 6. The highest BCUT2D eigenvalue weighted by atomic mass is 32.2. The van der Waals surface area contributed by atoms with Gasteiger partial charge in [-0.3, -0.25) is 14.9 Å². The molecular weight excluding hydrogens is 400 g/mol. The van der Waals surface area contributed by atoms with Gasteiger partial charge in [0.1, 0.15) is 12.0 Å². The molecule has 11 heteroatoms. The first kappa shape index (κ1) is 20.7. The third kappa shape index (κ3) is 4.51. The first-order valence-corrected chi connectivity index (χ1v) is 10.3.